The van der Waals surface area contributed by atoms with Crippen molar-refractivity contribution in [2.24, 2.45) is 0 Å². The van der Waals surface area contributed by atoms with Crippen LogP contribution in [0.4, 0.5) is 11.4 Å². The van der Waals surface area contributed by atoms with E-state index >= 15 is 0 Å². The lowest BCUT2D eigenvalue weighted by Crippen LogP contribution is -2.30. The van der Waals surface area contributed by atoms with Crippen LogP contribution in [0.5, 0.6) is 5.75 Å². The molecule has 116 valence electrons. The summed E-state index contributed by atoms with van der Waals surface area (Å²) in [6.07, 6.45) is -0.596. The van der Waals surface area contributed by atoms with E-state index in [4.69, 9.17) is 10.5 Å². The van der Waals surface area contributed by atoms with Crippen molar-refractivity contribution >= 4 is 17.3 Å². The average molecular weight is 298 g/mol. The fourth-order valence-electron chi connectivity index (χ4n) is 2.10. The third-order valence-corrected chi connectivity index (χ3v) is 3.75. The summed E-state index contributed by atoms with van der Waals surface area (Å²) in [6.45, 7) is 7.66. The van der Waals surface area contributed by atoms with Crippen molar-refractivity contribution in [1.29, 1.82) is 0 Å². The normalized spacial score (nSPS) is 11.8. The van der Waals surface area contributed by atoms with Crippen molar-refractivity contribution in [1.82, 2.24) is 0 Å². The highest BCUT2D eigenvalue weighted by molar-refractivity contribution is 5.95. The van der Waals surface area contributed by atoms with Crippen LogP contribution < -0.4 is 15.8 Å². The summed E-state index contributed by atoms with van der Waals surface area (Å²) in [4.78, 5) is 12.3. The number of nitrogens with one attached hydrogen (secondary N) is 1. The molecule has 2 aromatic rings. The molecule has 1 atom stereocenters. The first-order valence-electron chi connectivity index (χ1n) is 7.28. The largest absolute Gasteiger partial charge is 0.481 e. The van der Waals surface area contributed by atoms with E-state index in [-0.39, 0.29) is 5.91 Å². The summed E-state index contributed by atoms with van der Waals surface area (Å²) in [5.41, 5.74) is 10.2. The van der Waals surface area contributed by atoms with Gasteiger partial charge in [0.1, 0.15) is 5.75 Å². The number of amides is 1. The van der Waals surface area contributed by atoms with Gasteiger partial charge in [0.2, 0.25) is 0 Å². The van der Waals surface area contributed by atoms with E-state index in [9.17, 15) is 4.79 Å². The summed E-state index contributed by atoms with van der Waals surface area (Å²) in [7, 11) is 0. The Morgan fingerprint density at radius 1 is 1.14 bits per heavy atom. The molecule has 0 aliphatic carbocycles. The van der Waals surface area contributed by atoms with Crippen LogP contribution in [0.2, 0.25) is 0 Å². The molecule has 0 aliphatic heterocycles. The Bertz CT molecular complexity index is 695. The second kappa shape index (κ2) is 6.52. The Labute approximate surface area is 131 Å². The van der Waals surface area contributed by atoms with Crippen molar-refractivity contribution in [3.05, 3.63) is 53.1 Å². The monoisotopic (exact) mass is 298 g/mol. The Morgan fingerprint density at radius 3 is 2.59 bits per heavy atom. The van der Waals surface area contributed by atoms with Crippen molar-refractivity contribution in [3.63, 3.8) is 0 Å². The third-order valence-electron chi connectivity index (χ3n) is 3.75. The third kappa shape index (κ3) is 3.58. The molecule has 0 aromatic heterocycles. The molecule has 0 radical (unpaired) electrons. The zero-order chi connectivity index (χ0) is 16.3. The highest BCUT2D eigenvalue weighted by Crippen LogP contribution is 2.23. The van der Waals surface area contributed by atoms with E-state index in [2.05, 4.69) is 5.32 Å². The fourth-order valence-corrected chi connectivity index (χ4v) is 2.10. The maximum atomic E-state index is 12.3. The number of rotatable bonds is 4. The molecule has 1 unspecified atom stereocenters. The van der Waals surface area contributed by atoms with Crippen LogP contribution >= 0.6 is 0 Å². The van der Waals surface area contributed by atoms with Crippen LogP contribution in [-0.4, -0.2) is 12.0 Å². The number of benzene rings is 2. The Kier molecular flexibility index (Phi) is 4.71. The van der Waals surface area contributed by atoms with Crippen molar-refractivity contribution in [2.75, 3.05) is 11.1 Å². The molecule has 0 saturated heterocycles. The molecule has 2 aromatic carbocycles. The Balaban J connectivity index is 2.09. The molecule has 3 N–H and O–H groups in total. The van der Waals surface area contributed by atoms with Gasteiger partial charge in [-0.2, -0.15) is 0 Å². The molecule has 0 fully saturated rings. The Hall–Kier alpha value is -2.49. The zero-order valence-electron chi connectivity index (χ0n) is 13.4. The van der Waals surface area contributed by atoms with Crippen LogP contribution in [0.1, 0.15) is 23.6 Å². The number of aryl methyl sites for hydroxylation is 2. The number of carbonyl (C=O) groups is 1. The van der Waals surface area contributed by atoms with E-state index in [1.165, 1.54) is 0 Å². The van der Waals surface area contributed by atoms with Gasteiger partial charge in [-0.05, 0) is 62.6 Å². The minimum atomic E-state index is -0.596. The van der Waals surface area contributed by atoms with Crippen LogP contribution in [0.15, 0.2) is 36.4 Å². The van der Waals surface area contributed by atoms with Gasteiger partial charge in [0.25, 0.3) is 5.91 Å². The smallest absolute Gasteiger partial charge is 0.265 e. The van der Waals surface area contributed by atoms with Gasteiger partial charge in [0.05, 0.1) is 0 Å². The van der Waals surface area contributed by atoms with Crippen LogP contribution in [0, 0.1) is 20.8 Å². The molecule has 4 heteroatoms. The molecule has 1 amide bonds. The molecule has 0 heterocycles. The number of carbonyl (C=O) groups excluding carboxylic acids is 1. The highest BCUT2D eigenvalue weighted by Gasteiger charge is 2.17. The van der Waals surface area contributed by atoms with Crippen molar-refractivity contribution in [2.45, 2.75) is 33.8 Å². The first-order chi connectivity index (χ1) is 10.4. The van der Waals surface area contributed by atoms with E-state index in [1.54, 1.807) is 19.1 Å². The van der Waals surface area contributed by atoms with Gasteiger partial charge >= 0.3 is 0 Å². The fraction of sp³-hybridized carbons (Fsp3) is 0.278. The SMILES string of the molecule is Cc1ccc(N)cc1NC(=O)C(C)Oc1cccc(C)c1C. The van der Waals surface area contributed by atoms with Gasteiger partial charge < -0.3 is 15.8 Å². The topological polar surface area (TPSA) is 64.3 Å². The second-order valence-corrected chi connectivity index (χ2v) is 5.52. The van der Waals surface area contributed by atoms with Crippen LogP contribution in [0.3, 0.4) is 0 Å². The lowest BCUT2D eigenvalue weighted by molar-refractivity contribution is -0.122. The summed E-state index contributed by atoms with van der Waals surface area (Å²) in [6, 6.07) is 11.2. The first kappa shape index (κ1) is 15.9. The molecular formula is C18H22N2O2. The summed E-state index contributed by atoms with van der Waals surface area (Å²) in [5.74, 6) is 0.529. The number of nitrogens with two attached hydrogens (primary N) is 1. The molecule has 0 spiro atoms. The number of ether oxygens (including phenoxy) is 1. The van der Waals surface area contributed by atoms with Gasteiger partial charge in [-0.25, -0.2) is 0 Å². The molecular weight excluding hydrogens is 276 g/mol. The number of hydrogen-bond acceptors (Lipinski definition) is 3. The molecule has 0 aliphatic rings. The minimum absolute atomic E-state index is 0.199. The lowest BCUT2D eigenvalue weighted by Gasteiger charge is -2.18. The standard InChI is InChI=1S/C18H22N2O2/c1-11-6-5-7-17(13(11)3)22-14(4)18(21)20-16-10-15(19)9-8-12(16)2/h5-10,14H,19H2,1-4H3,(H,20,21). The average Bonchev–Trinajstić information content (AvgIpc) is 2.47. The highest BCUT2D eigenvalue weighted by atomic mass is 16.5. The predicted molar refractivity (Wildman–Crippen MR) is 90.2 cm³/mol. The number of hydrogen-bond donors (Lipinski definition) is 2. The van der Waals surface area contributed by atoms with Gasteiger partial charge in [-0.15, -0.1) is 0 Å². The first-order valence-corrected chi connectivity index (χ1v) is 7.28. The molecule has 0 bridgehead atoms. The molecule has 4 nitrogen and oxygen atoms in total. The van der Waals surface area contributed by atoms with Crippen molar-refractivity contribution < 1.29 is 9.53 Å². The van der Waals surface area contributed by atoms with E-state index in [0.29, 0.717) is 11.4 Å². The van der Waals surface area contributed by atoms with Gasteiger partial charge in [-0.3, -0.25) is 4.79 Å². The quantitative estimate of drug-likeness (QED) is 0.848. The second-order valence-electron chi connectivity index (χ2n) is 5.52. The Morgan fingerprint density at radius 2 is 1.86 bits per heavy atom. The van der Waals surface area contributed by atoms with E-state index in [1.807, 2.05) is 45.0 Å². The van der Waals surface area contributed by atoms with Crippen LogP contribution in [-0.2, 0) is 4.79 Å². The maximum Gasteiger partial charge on any atom is 0.265 e. The van der Waals surface area contributed by atoms with E-state index in [0.717, 1.165) is 22.4 Å². The maximum absolute atomic E-state index is 12.3. The molecule has 2 rings (SSSR count). The van der Waals surface area contributed by atoms with Gasteiger partial charge in [-0.1, -0.05) is 18.2 Å². The van der Waals surface area contributed by atoms with Crippen molar-refractivity contribution in [3.8, 4) is 5.75 Å². The van der Waals surface area contributed by atoms with Gasteiger partial charge in [0, 0.05) is 11.4 Å². The number of nitrogen functional groups attached to an aromatic ring is 1. The predicted octanol–water partition coefficient (Wildman–Crippen LogP) is 3.60. The minimum Gasteiger partial charge on any atom is -0.481 e. The number of anilines is 2. The molecule has 0 saturated carbocycles. The van der Waals surface area contributed by atoms with Gasteiger partial charge in [0.15, 0.2) is 6.10 Å². The zero-order valence-corrected chi connectivity index (χ0v) is 13.4. The van der Waals surface area contributed by atoms with E-state index < -0.39 is 6.10 Å². The lowest BCUT2D eigenvalue weighted by atomic mass is 10.1. The summed E-state index contributed by atoms with van der Waals surface area (Å²) < 4.78 is 5.79. The summed E-state index contributed by atoms with van der Waals surface area (Å²) in [5, 5.41) is 2.86. The molecule has 22 heavy (non-hydrogen) atoms. The van der Waals surface area contributed by atoms with Crippen LogP contribution in [0.25, 0.3) is 0 Å². The summed E-state index contributed by atoms with van der Waals surface area (Å²) >= 11 is 0.